The smallest absolute Gasteiger partial charge is 0.237 e. The second-order valence-corrected chi connectivity index (χ2v) is 7.82. The van der Waals surface area contributed by atoms with Gasteiger partial charge in [-0.25, -0.2) is 0 Å². The first-order valence-electron chi connectivity index (χ1n) is 9.97. The Morgan fingerprint density at radius 2 is 2.08 bits per heavy atom. The Kier molecular flexibility index (Phi) is 5.32. The van der Waals surface area contributed by atoms with Gasteiger partial charge >= 0.3 is 0 Å². The summed E-state index contributed by atoms with van der Waals surface area (Å²) in [6.07, 6.45) is 11.4. The summed E-state index contributed by atoms with van der Waals surface area (Å²) >= 11 is 0. The Balaban J connectivity index is 1.45. The van der Waals surface area contributed by atoms with Crippen LogP contribution in [0.5, 0.6) is 0 Å². The van der Waals surface area contributed by atoms with Gasteiger partial charge in [0.1, 0.15) is 0 Å². The molecule has 4 rings (SSSR count). The highest BCUT2D eigenvalue weighted by Crippen LogP contribution is 2.35. The molecule has 3 atom stereocenters. The van der Waals surface area contributed by atoms with E-state index in [0.29, 0.717) is 18.5 Å². The maximum Gasteiger partial charge on any atom is 0.237 e. The van der Waals surface area contributed by atoms with Crippen LogP contribution in [0, 0.1) is 5.92 Å². The molecule has 1 aromatic heterocycles. The molecule has 1 aliphatic carbocycles. The molecule has 1 aromatic rings. The molecule has 3 aliphatic rings. The second kappa shape index (κ2) is 7.83. The highest BCUT2D eigenvalue weighted by Gasteiger charge is 2.37. The molecule has 1 saturated carbocycles. The summed E-state index contributed by atoms with van der Waals surface area (Å²) in [6.45, 7) is 4.28. The minimum Gasteiger partial charge on any atom is -0.338 e. The number of nitrogens with one attached hydrogen (secondary N) is 1. The number of hydrogen-bond acceptors (Lipinski definition) is 4. The number of hydrogen-bond donors (Lipinski definition) is 1. The molecule has 5 heteroatoms. The van der Waals surface area contributed by atoms with Crippen LogP contribution >= 0.6 is 0 Å². The Labute approximate surface area is 150 Å². The van der Waals surface area contributed by atoms with Crippen LogP contribution in [0.3, 0.4) is 0 Å². The Morgan fingerprint density at radius 3 is 2.96 bits per heavy atom. The summed E-state index contributed by atoms with van der Waals surface area (Å²) in [5, 5.41) is 3.47. The van der Waals surface area contributed by atoms with Crippen LogP contribution < -0.4 is 5.32 Å². The molecule has 3 heterocycles. The summed E-state index contributed by atoms with van der Waals surface area (Å²) in [7, 11) is 0. The summed E-state index contributed by atoms with van der Waals surface area (Å²) in [5.41, 5.74) is 1.21. The summed E-state index contributed by atoms with van der Waals surface area (Å²) < 4.78 is 0. The molecule has 0 bridgehead atoms. The second-order valence-electron chi connectivity index (χ2n) is 7.82. The number of pyridine rings is 1. The maximum absolute atomic E-state index is 13.1. The third kappa shape index (κ3) is 3.72. The summed E-state index contributed by atoms with van der Waals surface area (Å²) in [5.74, 6) is 1.09. The van der Waals surface area contributed by atoms with E-state index in [1.165, 1.54) is 44.1 Å². The lowest BCUT2D eigenvalue weighted by atomic mass is 9.78. The molecule has 0 radical (unpaired) electrons. The van der Waals surface area contributed by atoms with Crippen molar-refractivity contribution in [3.8, 4) is 0 Å². The van der Waals surface area contributed by atoms with Gasteiger partial charge in [0.2, 0.25) is 5.91 Å². The highest BCUT2D eigenvalue weighted by molar-refractivity contribution is 5.79. The first-order valence-corrected chi connectivity index (χ1v) is 9.97. The van der Waals surface area contributed by atoms with Crippen molar-refractivity contribution >= 4 is 5.91 Å². The molecular formula is C20H30N4O. The van der Waals surface area contributed by atoms with Crippen LogP contribution in [0.4, 0.5) is 0 Å². The summed E-state index contributed by atoms with van der Waals surface area (Å²) in [6, 6.07) is 4.87. The van der Waals surface area contributed by atoms with E-state index >= 15 is 0 Å². The largest absolute Gasteiger partial charge is 0.338 e. The first kappa shape index (κ1) is 17.0. The average molecular weight is 342 g/mol. The van der Waals surface area contributed by atoms with Gasteiger partial charge in [-0.1, -0.05) is 18.9 Å². The molecule has 5 nitrogen and oxygen atoms in total. The molecule has 0 spiro atoms. The zero-order valence-corrected chi connectivity index (χ0v) is 15.1. The molecule has 3 unspecified atom stereocenters. The van der Waals surface area contributed by atoms with E-state index in [4.69, 9.17) is 0 Å². The van der Waals surface area contributed by atoms with Crippen molar-refractivity contribution in [3.63, 3.8) is 0 Å². The van der Waals surface area contributed by atoms with Gasteiger partial charge in [-0.05, 0) is 43.2 Å². The molecular weight excluding hydrogens is 312 g/mol. The zero-order chi connectivity index (χ0) is 17.1. The number of carbonyl (C=O) groups is 1. The molecule has 0 aromatic carbocycles. The Hall–Kier alpha value is -1.46. The van der Waals surface area contributed by atoms with Crippen LogP contribution in [0.1, 0.15) is 50.1 Å². The van der Waals surface area contributed by atoms with Crippen molar-refractivity contribution in [1.82, 2.24) is 20.1 Å². The van der Waals surface area contributed by atoms with Crippen molar-refractivity contribution < 1.29 is 4.79 Å². The van der Waals surface area contributed by atoms with Crippen molar-refractivity contribution in [2.75, 3.05) is 32.7 Å². The van der Waals surface area contributed by atoms with E-state index in [-0.39, 0.29) is 6.04 Å². The van der Waals surface area contributed by atoms with E-state index in [1.54, 1.807) is 0 Å². The number of nitrogens with zero attached hydrogens (tertiary/aromatic N) is 3. The standard InChI is InChI=1S/C20H30N4O/c25-20(24-11-4-7-16-5-1-2-8-18(16)24)15-23-12-10-22-14-19(23)17-6-3-9-21-13-17/h3,6,9,13,16,18-19,22H,1-2,4-5,7-8,10-12,14-15H2. The number of amides is 1. The predicted molar refractivity (Wildman–Crippen MR) is 98.1 cm³/mol. The first-order chi connectivity index (χ1) is 12.3. The fourth-order valence-electron chi connectivity index (χ4n) is 5.04. The maximum atomic E-state index is 13.1. The highest BCUT2D eigenvalue weighted by atomic mass is 16.2. The molecule has 136 valence electrons. The van der Waals surface area contributed by atoms with Crippen molar-refractivity contribution in [2.24, 2.45) is 5.92 Å². The van der Waals surface area contributed by atoms with Gasteiger partial charge in [0.05, 0.1) is 6.54 Å². The van der Waals surface area contributed by atoms with Crippen LogP contribution in [-0.2, 0) is 4.79 Å². The van der Waals surface area contributed by atoms with Gasteiger partial charge in [-0.2, -0.15) is 0 Å². The van der Waals surface area contributed by atoms with Crippen molar-refractivity contribution in [2.45, 2.75) is 50.6 Å². The third-order valence-corrected chi connectivity index (χ3v) is 6.33. The topological polar surface area (TPSA) is 48.5 Å². The third-order valence-electron chi connectivity index (χ3n) is 6.33. The fraction of sp³-hybridized carbons (Fsp3) is 0.700. The fourth-order valence-corrected chi connectivity index (χ4v) is 5.04. The minimum absolute atomic E-state index is 0.248. The Bertz CT molecular complexity index is 576. The number of fused-ring (bicyclic) bond motifs is 1. The van der Waals surface area contributed by atoms with Gasteiger partial charge in [0, 0.05) is 50.7 Å². The number of carbonyl (C=O) groups excluding carboxylic acids is 1. The monoisotopic (exact) mass is 342 g/mol. The van der Waals surface area contributed by atoms with Crippen molar-refractivity contribution in [3.05, 3.63) is 30.1 Å². The van der Waals surface area contributed by atoms with E-state index in [2.05, 4.69) is 26.2 Å². The minimum atomic E-state index is 0.248. The van der Waals surface area contributed by atoms with Crippen molar-refractivity contribution in [1.29, 1.82) is 0 Å². The molecule has 1 N–H and O–H groups in total. The summed E-state index contributed by atoms with van der Waals surface area (Å²) in [4.78, 5) is 22.0. The van der Waals surface area contributed by atoms with E-state index in [0.717, 1.165) is 32.1 Å². The lowest BCUT2D eigenvalue weighted by molar-refractivity contribution is -0.139. The zero-order valence-electron chi connectivity index (χ0n) is 15.1. The van der Waals surface area contributed by atoms with Gasteiger partial charge in [-0.15, -0.1) is 0 Å². The van der Waals surface area contributed by atoms with Crippen LogP contribution in [0.2, 0.25) is 0 Å². The molecule has 1 amide bonds. The lowest BCUT2D eigenvalue weighted by Gasteiger charge is -2.45. The SMILES string of the molecule is O=C(CN1CCNCC1c1cccnc1)N1CCCC2CCCCC21. The quantitative estimate of drug-likeness (QED) is 0.915. The van der Waals surface area contributed by atoms with E-state index in [9.17, 15) is 4.79 Å². The normalized spacial score (nSPS) is 30.7. The average Bonchev–Trinajstić information content (AvgIpc) is 2.68. The van der Waals surface area contributed by atoms with E-state index < -0.39 is 0 Å². The lowest BCUT2D eigenvalue weighted by Crippen LogP contribution is -2.55. The van der Waals surface area contributed by atoms with Crippen LogP contribution in [0.25, 0.3) is 0 Å². The molecule has 3 fully saturated rings. The van der Waals surface area contributed by atoms with Gasteiger partial charge in [-0.3, -0.25) is 14.7 Å². The van der Waals surface area contributed by atoms with Crippen LogP contribution in [0.15, 0.2) is 24.5 Å². The number of likely N-dealkylation sites (tertiary alicyclic amines) is 1. The molecule has 2 saturated heterocycles. The molecule has 25 heavy (non-hydrogen) atoms. The number of rotatable bonds is 3. The molecule has 2 aliphatic heterocycles. The van der Waals surface area contributed by atoms with Crippen LogP contribution in [-0.4, -0.2) is 59.5 Å². The van der Waals surface area contributed by atoms with Gasteiger partial charge in [0.25, 0.3) is 0 Å². The van der Waals surface area contributed by atoms with Gasteiger partial charge in [0.15, 0.2) is 0 Å². The Morgan fingerprint density at radius 1 is 1.20 bits per heavy atom. The van der Waals surface area contributed by atoms with E-state index in [1.807, 2.05) is 18.5 Å². The van der Waals surface area contributed by atoms with Gasteiger partial charge < -0.3 is 10.2 Å². The number of aromatic nitrogens is 1. The number of piperazine rings is 1. The number of piperidine rings is 1. The predicted octanol–water partition coefficient (Wildman–Crippen LogP) is 2.21.